The van der Waals surface area contributed by atoms with Crippen molar-refractivity contribution in [2.75, 3.05) is 18.5 Å². The Bertz CT molecular complexity index is 736. The molecule has 1 amide bonds. The van der Waals surface area contributed by atoms with Crippen LogP contribution in [0.5, 0.6) is 0 Å². The van der Waals surface area contributed by atoms with Gasteiger partial charge in [0.15, 0.2) is 12.4 Å². The van der Waals surface area contributed by atoms with Crippen molar-refractivity contribution in [1.29, 1.82) is 0 Å². The van der Waals surface area contributed by atoms with Crippen LogP contribution in [0, 0.1) is 0 Å². The number of aromatic nitrogens is 2. The van der Waals surface area contributed by atoms with Gasteiger partial charge in [-0.25, -0.2) is 9.18 Å². The fourth-order valence-corrected chi connectivity index (χ4v) is 2.16. The molecule has 0 radical (unpaired) electrons. The number of nitrogens with one attached hydrogen (secondary N) is 1. The van der Waals surface area contributed by atoms with E-state index in [1.54, 1.807) is 0 Å². The molecule has 0 aromatic carbocycles. The first-order valence-corrected chi connectivity index (χ1v) is 6.63. The number of rotatable bonds is 6. The van der Waals surface area contributed by atoms with Gasteiger partial charge in [-0.15, -0.1) is 0 Å². The van der Waals surface area contributed by atoms with E-state index in [-0.39, 0.29) is 12.4 Å². The number of hydrogen-bond acceptors (Lipinski definition) is 8. The molecule has 12 nitrogen and oxygen atoms in total. The van der Waals surface area contributed by atoms with Gasteiger partial charge in [-0.1, -0.05) is 5.11 Å². The Morgan fingerprint density at radius 1 is 1.71 bits per heavy atom. The van der Waals surface area contributed by atoms with Crippen molar-refractivity contribution in [3.63, 3.8) is 0 Å². The lowest BCUT2D eigenvalue weighted by Crippen LogP contribution is -2.43. The lowest BCUT2D eigenvalue weighted by molar-refractivity contribution is -0.124. The second-order valence-corrected chi connectivity index (χ2v) is 4.91. The standard InChI is InChI=1S/C11H14FN7O5/c12-7-8(22)11(4-20,17-18-14)24-9(7)19-2-1-6(16-10(19)23)15-3-5(13)21/h1-2,7-9,20,22H,3-4H2,(H2,13,21)(H,15,16,23)/t7-,8-,9+,11+/m0/s1. The Hall–Kier alpha value is -2.73. The summed E-state index contributed by atoms with van der Waals surface area (Å²) < 4.78 is 20.1. The van der Waals surface area contributed by atoms with E-state index in [0.29, 0.717) is 4.57 Å². The molecular formula is C11H14FN7O5. The predicted octanol–water partition coefficient (Wildman–Crippen LogP) is -1.63. The van der Waals surface area contributed by atoms with Gasteiger partial charge in [-0.05, 0) is 11.6 Å². The van der Waals surface area contributed by atoms with Crippen LogP contribution in [0.2, 0.25) is 0 Å². The van der Waals surface area contributed by atoms with E-state index in [0.717, 1.165) is 6.20 Å². The number of anilines is 1. The number of carbonyl (C=O) groups excluding carboxylic acids is 1. The number of primary amides is 1. The third-order valence-electron chi connectivity index (χ3n) is 3.35. The SMILES string of the molecule is [N-]=[N+]=N[C@]1(CO)O[C@@H](n2ccc(NCC(N)=O)nc2=O)[C@@H](F)[C@@H]1O. The fourth-order valence-electron chi connectivity index (χ4n) is 2.16. The van der Waals surface area contributed by atoms with Crippen LogP contribution in [-0.2, 0) is 9.53 Å². The van der Waals surface area contributed by atoms with Crippen LogP contribution < -0.4 is 16.7 Å². The molecule has 0 aliphatic carbocycles. The maximum Gasteiger partial charge on any atom is 0.351 e. The second kappa shape index (κ2) is 6.80. The Labute approximate surface area is 133 Å². The van der Waals surface area contributed by atoms with E-state index < -0.39 is 42.4 Å². The van der Waals surface area contributed by atoms with Crippen molar-refractivity contribution in [2.24, 2.45) is 10.8 Å². The minimum Gasteiger partial charge on any atom is -0.393 e. The molecule has 0 unspecified atom stereocenters. The highest BCUT2D eigenvalue weighted by Gasteiger charge is 2.56. The zero-order valence-electron chi connectivity index (χ0n) is 12.1. The monoisotopic (exact) mass is 343 g/mol. The van der Waals surface area contributed by atoms with Gasteiger partial charge in [0.2, 0.25) is 11.6 Å². The van der Waals surface area contributed by atoms with Crippen LogP contribution in [0.1, 0.15) is 6.23 Å². The summed E-state index contributed by atoms with van der Waals surface area (Å²) in [4.78, 5) is 28.6. The number of amides is 1. The molecule has 0 spiro atoms. The van der Waals surface area contributed by atoms with Gasteiger partial charge < -0.3 is 26.0 Å². The summed E-state index contributed by atoms with van der Waals surface area (Å²) in [6.07, 6.45) is -4.70. The van der Waals surface area contributed by atoms with E-state index in [1.165, 1.54) is 6.07 Å². The number of aliphatic hydroxyl groups excluding tert-OH is 2. The summed E-state index contributed by atoms with van der Waals surface area (Å²) in [6.45, 7) is -1.25. The van der Waals surface area contributed by atoms with Crippen molar-refractivity contribution in [3.8, 4) is 0 Å². The van der Waals surface area contributed by atoms with Crippen molar-refractivity contribution >= 4 is 11.7 Å². The van der Waals surface area contributed by atoms with Crippen LogP contribution in [0.25, 0.3) is 10.4 Å². The molecule has 1 aliphatic rings. The highest BCUT2D eigenvalue weighted by Crippen LogP contribution is 2.39. The summed E-state index contributed by atoms with van der Waals surface area (Å²) in [5, 5.41) is 24.7. The number of azide groups is 1. The van der Waals surface area contributed by atoms with Gasteiger partial charge in [-0.3, -0.25) is 9.36 Å². The summed E-state index contributed by atoms with van der Waals surface area (Å²) >= 11 is 0. The third-order valence-corrected chi connectivity index (χ3v) is 3.35. The molecule has 4 atom stereocenters. The van der Waals surface area contributed by atoms with Crippen LogP contribution in [0.15, 0.2) is 22.2 Å². The van der Waals surface area contributed by atoms with E-state index >= 15 is 0 Å². The summed E-state index contributed by atoms with van der Waals surface area (Å²) in [6, 6.07) is 1.25. The van der Waals surface area contributed by atoms with E-state index in [4.69, 9.17) is 16.0 Å². The van der Waals surface area contributed by atoms with Gasteiger partial charge in [0.25, 0.3) is 0 Å². The zero-order chi connectivity index (χ0) is 17.9. The number of alkyl halides is 1. The summed E-state index contributed by atoms with van der Waals surface area (Å²) in [7, 11) is 0. The van der Waals surface area contributed by atoms with Crippen LogP contribution in [-0.4, -0.2) is 56.8 Å². The van der Waals surface area contributed by atoms with E-state index in [2.05, 4.69) is 20.3 Å². The van der Waals surface area contributed by atoms with Crippen molar-refractivity contribution in [2.45, 2.75) is 24.2 Å². The largest absolute Gasteiger partial charge is 0.393 e. The van der Waals surface area contributed by atoms with Crippen molar-refractivity contribution in [1.82, 2.24) is 9.55 Å². The Morgan fingerprint density at radius 3 is 2.96 bits per heavy atom. The second-order valence-electron chi connectivity index (χ2n) is 4.91. The van der Waals surface area contributed by atoms with Gasteiger partial charge >= 0.3 is 5.69 Å². The van der Waals surface area contributed by atoms with Gasteiger partial charge in [-0.2, -0.15) is 4.98 Å². The minimum atomic E-state index is -2.25. The average molecular weight is 343 g/mol. The normalized spacial score (nSPS) is 29.0. The molecule has 0 bridgehead atoms. The number of halogens is 1. The van der Waals surface area contributed by atoms with Crippen LogP contribution in [0.3, 0.4) is 0 Å². The van der Waals surface area contributed by atoms with E-state index in [9.17, 15) is 24.2 Å². The topological polar surface area (TPSA) is 188 Å². The number of nitrogens with two attached hydrogens (primary N) is 1. The molecule has 1 aliphatic heterocycles. The lowest BCUT2D eigenvalue weighted by Gasteiger charge is -2.23. The first-order valence-electron chi connectivity index (χ1n) is 6.63. The van der Waals surface area contributed by atoms with Gasteiger partial charge in [0, 0.05) is 11.1 Å². The molecule has 1 fully saturated rings. The molecule has 13 heteroatoms. The predicted molar refractivity (Wildman–Crippen MR) is 76.2 cm³/mol. The molecule has 2 rings (SSSR count). The first kappa shape index (κ1) is 17.6. The average Bonchev–Trinajstić information content (AvgIpc) is 2.79. The quantitative estimate of drug-likeness (QED) is 0.271. The van der Waals surface area contributed by atoms with Crippen molar-refractivity contribution in [3.05, 3.63) is 33.2 Å². The third kappa shape index (κ3) is 3.14. The molecule has 0 saturated carbocycles. The Balaban J connectivity index is 2.30. The van der Waals surface area contributed by atoms with Crippen LogP contribution in [0.4, 0.5) is 10.2 Å². The number of nitrogens with zero attached hydrogens (tertiary/aromatic N) is 5. The fraction of sp³-hybridized carbons (Fsp3) is 0.545. The number of carbonyl (C=O) groups is 1. The van der Waals surface area contributed by atoms with Gasteiger partial charge in [0.05, 0.1) is 13.2 Å². The summed E-state index contributed by atoms with van der Waals surface area (Å²) in [5.74, 6) is -0.651. The molecule has 24 heavy (non-hydrogen) atoms. The highest BCUT2D eigenvalue weighted by molar-refractivity contribution is 5.78. The summed E-state index contributed by atoms with van der Waals surface area (Å²) in [5.41, 5.74) is 10.2. The number of ether oxygens (including phenoxy) is 1. The Morgan fingerprint density at radius 2 is 2.42 bits per heavy atom. The smallest absolute Gasteiger partial charge is 0.351 e. The minimum absolute atomic E-state index is 0.0208. The highest BCUT2D eigenvalue weighted by atomic mass is 19.1. The molecule has 2 heterocycles. The maximum atomic E-state index is 14.3. The lowest BCUT2D eigenvalue weighted by atomic mass is 10.1. The van der Waals surface area contributed by atoms with Crippen LogP contribution >= 0.6 is 0 Å². The first-order chi connectivity index (χ1) is 11.3. The Kier molecular flexibility index (Phi) is 4.99. The molecule has 130 valence electrons. The molecular weight excluding hydrogens is 329 g/mol. The number of hydrogen-bond donors (Lipinski definition) is 4. The molecule has 1 aromatic heterocycles. The molecule has 1 aromatic rings. The van der Waals surface area contributed by atoms with Gasteiger partial charge in [0.1, 0.15) is 11.9 Å². The van der Waals surface area contributed by atoms with Crippen molar-refractivity contribution < 1.29 is 24.1 Å². The molecule has 1 saturated heterocycles. The van der Waals surface area contributed by atoms with E-state index in [1.807, 2.05) is 0 Å². The maximum absolute atomic E-state index is 14.3. The molecule has 5 N–H and O–H groups in total. The number of aliphatic hydroxyl groups is 2. The zero-order valence-corrected chi connectivity index (χ0v) is 12.1.